The third-order valence-corrected chi connectivity index (χ3v) is 6.51. The van der Waals surface area contributed by atoms with E-state index in [0.29, 0.717) is 11.1 Å². The lowest BCUT2D eigenvalue weighted by Crippen LogP contribution is -2.14. The van der Waals surface area contributed by atoms with Crippen molar-refractivity contribution in [1.29, 1.82) is 0 Å². The molecular weight excluding hydrogens is 462 g/mol. The van der Waals surface area contributed by atoms with Crippen LogP contribution in [-0.4, -0.2) is 31.4 Å². The summed E-state index contributed by atoms with van der Waals surface area (Å²) in [4.78, 5) is 34.3. The second-order valence-electron chi connectivity index (χ2n) is 7.45. The van der Waals surface area contributed by atoms with Gasteiger partial charge in [-0.05, 0) is 49.7 Å². The van der Waals surface area contributed by atoms with Crippen molar-refractivity contribution in [3.05, 3.63) is 99.6 Å². The molecule has 0 amide bonds. The largest absolute Gasteiger partial charge is 0.459 e. The second-order valence-corrected chi connectivity index (χ2v) is 9.34. The molecule has 10 heteroatoms. The van der Waals surface area contributed by atoms with Crippen LogP contribution in [0.3, 0.4) is 0 Å². The monoisotopic (exact) mass is 483 g/mol. The minimum absolute atomic E-state index is 0.182. The Morgan fingerprint density at radius 1 is 0.882 bits per heavy atom. The molecule has 0 aliphatic carbocycles. The van der Waals surface area contributed by atoms with Gasteiger partial charge in [0.2, 0.25) is 9.84 Å². The zero-order chi connectivity index (χ0) is 24.9. The normalized spacial score (nSPS) is 11.1. The molecule has 0 heterocycles. The Hall–Kier alpha value is -4.05. The number of carbonyl (C=O) groups excluding carboxylic acids is 2. The Kier molecular flexibility index (Phi) is 7.42. The van der Waals surface area contributed by atoms with Crippen LogP contribution in [-0.2, 0) is 25.9 Å². The van der Waals surface area contributed by atoms with Crippen LogP contribution in [0, 0.1) is 10.1 Å². The van der Waals surface area contributed by atoms with Crippen LogP contribution in [0.25, 0.3) is 0 Å². The van der Waals surface area contributed by atoms with Crippen molar-refractivity contribution in [2.45, 2.75) is 36.3 Å². The van der Waals surface area contributed by atoms with Gasteiger partial charge in [0.15, 0.2) is 0 Å². The fourth-order valence-electron chi connectivity index (χ4n) is 3.07. The second kappa shape index (κ2) is 10.3. The first-order chi connectivity index (χ1) is 16.1. The Morgan fingerprint density at radius 2 is 1.47 bits per heavy atom. The van der Waals surface area contributed by atoms with Crippen molar-refractivity contribution in [2.24, 2.45) is 0 Å². The lowest BCUT2D eigenvalue weighted by Gasteiger charge is -2.11. The summed E-state index contributed by atoms with van der Waals surface area (Å²) in [6, 6.07) is 16.5. The predicted octanol–water partition coefficient (Wildman–Crippen LogP) is 4.35. The first kappa shape index (κ1) is 24.6. The predicted molar refractivity (Wildman–Crippen MR) is 121 cm³/mol. The van der Waals surface area contributed by atoms with Crippen molar-refractivity contribution in [2.75, 3.05) is 0 Å². The molecule has 0 radical (unpaired) electrons. The van der Waals surface area contributed by atoms with Gasteiger partial charge in [0.1, 0.15) is 11.5 Å². The van der Waals surface area contributed by atoms with E-state index < -0.39 is 42.2 Å². The van der Waals surface area contributed by atoms with Gasteiger partial charge in [0.25, 0.3) is 5.69 Å². The van der Waals surface area contributed by atoms with Crippen molar-refractivity contribution in [1.82, 2.24) is 0 Å². The number of ether oxygens (including phenoxy) is 2. The number of nitro groups is 1. The van der Waals surface area contributed by atoms with Gasteiger partial charge in [-0.1, -0.05) is 36.4 Å². The molecule has 3 aromatic carbocycles. The molecule has 9 nitrogen and oxygen atoms in total. The molecule has 34 heavy (non-hydrogen) atoms. The molecule has 3 aromatic rings. The van der Waals surface area contributed by atoms with E-state index in [1.54, 1.807) is 26.0 Å². The average Bonchev–Trinajstić information content (AvgIpc) is 2.82. The molecule has 0 aliphatic rings. The number of nitro benzene ring substituents is 1. The van der Waals surface area contributed by atoms with E-state index in [-0.39, 0.29) is 18.3 Å². The van der Waals surface area contributed by atoms with Gasteiger partial charge in [0, 0.05) is 6.07 Å². The number of sulfone groups is 1. The van der Waals surface area contributed by atoms with Gasteiger partial charge in [0.05, 0.1) is 27.0 Å². The molecule has 0 bridgehead atoms. The molecule has 0 saturated heterocycles. The number of esters is 2. The highest BCUT2D eigenvalue weighted by Gasteiger charge is 2.31. The molecule has 3 rings (SSSR count). The SMILES string of the molecule is CC(C)OC(=O)c1ccc(COC(=O)c2ccccc2S(=O)(=O)c2ccccc2[N+](=O)[O-])cc1. The molecule has 0 aliphatic heterocycles. The van der Waals surface area contributed by atoms with E-state index in [1.165, 1.54) is 48.5 Å². The van der Waals surface area contributed by atoms with Crippen molar-refractivity contribution < 1.29 is 32.4 Å². The van der Waals surface area contributed by atoms with Crippen LogP contribution in [0.5, 0.6) is 0 Å². The number of hydrogen-bond donors (Lipinski definition) is 0. The maximum atomic E-state index is 13.2. The molecule has 0 unspecified atom stereocenters. The van der Waals surface area contributed by atoms with E-state index in [1.807, 2.05) is 0 Å². The highest BCUT2D eigenvalue weighted by Crippen LogP contribution is 2.31. The highest BCUT2D eigenvalue weighted by molar-refractivity contribution is 7.91. The maximum absolute atomic E-state index is 13.2. The zero-order valence-electron chi connectivity index (χ0n) is 18.3. The van der Waals surface area contributed by atoms with Gasteiger partial charge in [-0.3, -0.25) is 10.1 Å². The number of benzene rings is 3. The number of rotatable bonds is 8. The molecule has 0 spiro atoms. The summed E-state index contributed by atoms with van der Waals surface area (Å²) < 4.78 is 36.7. The summed E-state index contributed by atoms with van der Waals surface area (Å²) in [6.07, 6.45) is -0.262. The number of hydrogen-bond acceptors (Lipinski definition) is 8. The van der Waals surface area contributed by atoms with Crippen LogP contribution in [0.4, 0.5) is 5.69 Å². The third-order valence-electron chi connectivity index (χ3n) is 4.65. The topological polar surface area (TPSA) is 130 Å². The summed E-state index contributed by atoms with van der Waals surface area (Å²) in [5.74, 6) is -1.39. The Morgan fingerprint density at radius 3 is 2.09 bits per heavy atom. The van der Waals surface area contributed by atoms with Gasteiger partial charge in [-0.2, -0.15) is 0 Å². The molecule has 0 fully saturated rings. The molecule has 0 atom stereocenters. The quantitative estimate of drug-likeness (QED) is 0.263. The number of para-hydroxylation sites is 1. The molecule has 176 valence electrons. The van der Waals surface area contributed by atoms with Crippen molar-refractivity contribution in [3.63, 3.8) is 0 Å². The lowest BCUT2D eigenvalue weighted by atomic mass is 10.1. The van der Waals surface area contributed by atoms with E-state index in [9.17, 15) is 28.1 Å². The fourth-order valence-corrected chi connectivity index (χ4v) is 4.68. The van der Waals surface area contributed by atoms with Crippen molar-refractivity contribution in [3.8, 4) is 0 Å². The Balaban J connectivity index is 1.82. The highest BCUT2D eigenvalue weighted by atomic mass is 32.2. The van der Waals surface area contributed by atoms with Crippen molar-refractivity contribution >= 4 is 27.5 Å². The van der Waals surface area contributed by atoms with Gasteiger partial charge < -0.3 is 9.47 Å². The fraction of sp³-hybridized carbons (Fsp3) is 0.167. The average molecular weight is 483 g/mol. The Labute approximate surface area is 196 Å². The van der Waals surface area contributed by atoms with E-state index in [0.717, 1.165) is 12.1 Å². The first-order valence-corrected chi connectivity index (χ1v) is 11.6. The summed E-state index contributed by atoms with van der Waals surface area (Å²) in [5, 5.41) is 11.3. The summed E-state index contributed by atoms with van der Waals surface area (Å²) >= 11 is 0. The summed E-state index contributed by atoms with van der Waals surface area (Å²) in [6.45, 7) is 3.29. The standard InChI is InChI=1S/C24H21NO8S/c1-16(2)33-23(26)18-13-11-17(12-14-18)15-32-24(27)19-7-3-5-9-21(19)34(30,31)22-10-6-4-8-20(22)25(28)29/h3-14,16H,15H2,1-2H3. The van der Waals surface area contributed by atoms with Crippen LogP contribution >= 0.6 is 0 Å². The van der Waals surface area contributed by atoms with Crippen LogP contribution in [0.15, 0.2) is 82.6 Å². The lowest BCUT2D eigenvalue weighted by molar-refractivity contribution is -0.387. The van der Waals surface area contributed by atoms with E-state index in [2.05, 4.69) is 0 Å². The van der Waals surface area contributed by atoms with Crippen LogP contribution in [0.2, 0.25) is 0 Å². The summed E-state index contributed by atoms with van der Waals surface area (Å²) in [5.41, 5.74) is 0.0534. The zero-order valence-corrected chi connectivity index (χ0v) is 19.2. The minimum Gasteiger partial charge on any atom is -0.459 e. The Bertz CT molecular complexity index is 1330. The first-order valence-electron chi connectivity index (χ1n) is 10.2. The smallest absolute Gasteiger partial charge is 0.339 e. The van der Waals surface area contributed by atoms with Gasteiger partial charge in [-0.15, -0.1) is 0 Å². The number of nitrogens with zero attached hydrogens (tertiary/aromatic N) is 1. The van der Waals surface area contributed by atoms with Crippen LogP contribution in [0.1, 0.15) is 40.1 Å². The molecular formula is C24H21NO8S. The molecule has 0 saturated carbocycles. The maximum Gasteiger partial charge on any atom is 0.339 e. The molecule has 0 aromatic heterocycles. The minimum atomic E-state index is -4.39. The molecule has 0 N–H and O–H groups in total. The van der Waals surface area contributed by atoms with E-state index in [4.69, 9.17) is 9.47 Å². The van der Waals surface area contributed by atoms with Crippen LogP contribution < -0.4 is 0 Å². The summed E-state index contributed by atoms with van der Waals surface area (Å²) in [7, 11) is -4.39. The number of carbonyl (C=O) groups is 2. The van der Waals surface area contributed by atoms with Gasteiger partial charge >= 0.3 is 11.9 Å². The van der Waals surface area contributed by atoms with E-state index >= 15 is 0 Å². The van der Waals surface area contributed by atoms with Gasteiger partial charge in [-0.25, -0.2) is 18.0 Å². The third kappa shape index (κ3) is 5.46.